The van der Waals surface area contributed by atoms with Crippen molar-refractivity contribution in [1.82, 2.24) is 19.7 Å². The second-order valence-electron chi connectivity index (χ2n) is 4.21. The van der Waals surface area contributed by atoms with Gasteiger partial charge in [-0.15, -0.1) is 0 Å². The van der Waals surface area contributed by atoms with Crippen molar-refractivity contribution >= 4 is 5.69 Å². The molecule has 0 aliphatic heterocycles. The molecule has 0 bridgehead atoms. The summed E-state index contributed by atoms with van der Waals surface area (Å²) in [5, 5.41) is 4.17. The molecule has 0 unspecified atom stereocenters. The fourth-order valence-corrected chi connectivity index (χ4v) is 1.95. The molecule has 5 heteroatoms. The van der Waals surface area contributed by atoms with Crippen LogP contribution in [0.3, 0.4) is 0 Å². The molecule has 2 N–H and O–H groups in total. The molecular weight excluding hydrogens is 238 g/mol. The summed E-state index contributed by atoms with van der Waals surface area (Å²) in [5.74, 6) is 0.743. The summed E-state index contributed by atoms with van der Waals surface area (Å²) in [7, 11) is 0. The van der Waals surface area contributed by atoms with E-state index >= 15 is 0 Å². The molecule has 0 saturated carbocycles. The molecule has 0 aliphatic rings. The molecule has 3 aromatic rings. The first kappa shape index (κ1) is 11.4. The molecule has 19 heavy (non-hydrogen) atoms. The Morgan fingerprint density at radius 2 is 2.05 bits per heavy atom. The number of hydrogen-bond donors (Lipinski definition) is 1. The van der Waals surface area contributed by atoms with E-state index in [4.69, 9.17) is 5.73 Å². The van der Waals surface area contributed by atoms with E-state index in [1.54, 1.807) is 17.1 Å². The van der Waals surface area contributed by atoms with Gasteiger partial charge in [0, 0.05) is 24.2 Å². The first-order valence-electron chi connectivity index (χ1n) is 5.93. The van der Waals surface area contributed by atoms with Gasteiger partial charge in [-0.1, -0.05) is 6.07 Å². The lowest BCUT2D eigenvalue weighted by molar-refractivity contribution is 0.883. The second kappa shape index (κ2) is 4.53. The van der Waals surface area contributed by atoms with E-state index in [9.17, 15) is 0 Å². The van der Waals surface area contributed by atoms with Gasteiger partial charge in [0.1, 0.15) is 5.82 Å². The maximum atomic E-state index is 6.08. The maximum Gasteiger partial charge on any atom is 0.125 e. The molecule has 5 nitrogen and oxygen atoms in total. The highest BCUT2D eigenvalue weighted by atomic mass is 15.3. The predicted molar refractivity (Wildman–Crippen MR) is 73.7 cm³/mol. The number of benzene rings is 1. The first-order valence-corrected chi connectivity index (χ1v) is 5.93. The SMILES string of the molecule is Cc1nccc(-c2ccc(-n3cccn3)c(N)c2)n1. The van der Waals surface area contributed by atoms with Gasteiger partial charge in [-0.2, -0.15) is 5.10 Å². The van der Waals surface area contributed by atoms with Crippen molar-refractivity contribution in [2.45, 2.75) is 6.92 Å². The topological polar surface area (TPSA) is 69.6 Å². The summed E-state index contributed by atoms with van der Waals surface area (Å²) in [6, 6.07) is 9.56. The van der Waals surface area contributed by atoms with Crippen LogP contribution < -0.4 is 5.73 Å². The summed E-state index contributed by atoms with van der Waals surface area (Å²) in [4.78, 5) is 8.48. The molecule has 94 valence electrons. The fraction of sp³-hybridized carbons (Fsp3) is 0.0714. The third-order valence-electron chi connectivity index (χ3n) is 2.85. The molecule has 0 saturated heterocycles. The minimum Gasteiger partial charge on any atom is -0.397 e. The maximum absolute atomic E-state index is 6.08. The van der Waals surface area contributed by atoms with Crippen molar-refractivity contribution in [2.24, 2.45) is 0 Å². The van der Waals surface area contributed by atoms with Crippen LogP contribution in [-0.2, 0) is 0 Å². The smallest absolute Gasteiger partial charge is 0.125 e. The van der Waals surface area contributed by atoms with Gasteiger partial charge < -0.3 is 5.73 Å². The van der Waals surface area contributed by atoms with E-state index in [2.05, 4.69) is 15.1 Å². The van der Waals surface area contributed by atoms with Crippen LogP contribution in [0.1, 0.15) is 5.82 Å². The Labute approximate surface area is 110 Å². The van der Waals surface area contributed by atoms with Crippen LogP contribution in [0.15, 0.2) is 48.9 Å². The lowest BCUT2D eigenvalue weighted by atomic mass is 10.1. The molecule has 0 atom stereocenters. The van der Waals surface area contributed by atoms with Crippen molar-refractivity contribution in [3.63, 3.8) is 0 Å². The number of nitrogen functional groups attached to an aromatic ring is 1. The number of aromatic nitrogens is 4. The molecular formula is C14H13N5. The van der Waals surface area contributed by atoms with Crippen molar-refractivity contribution in [3.05, 3.63) is 54.7 Å². The highest BCUT2D eigenvalue weighted by Crippen LogP contribution is 2.24. The van der Waals surface area contributed by atoms with Gasteiger partial charge in [-0.25, -0.2) is 14.6 Å². The van der Waals surface area contributed by atoms with E-state index < -0.39 is 0 Å². The first-order chi connectivity index (χ1) is 9.24. The average molecular weight is 251 g/mol. The zero-order valence-electron chi connectivity index (χ0n) is 10.5. The summed E-state index contributed by atoms with van der Waals surface area (Å²) in [6.07, 6.45) is 5.33. The van der Waals surface area contributed by atoms with Crippen molar-refractivity contribution in [1.29, 1.82) is 0 Å². The molecule has 0 aliphatic carbocycles. The van der Waals surface area contributed by atoms with E-state index in [0.29, 0.717) is 5.69 Å². The zero-order valence-corrected chi connectivity index (χ0v) is 10.5. The summed E-state index contributed by atoms with van der Waals surface area (Å²) in [6.45, 7) is 1.87. The summed E-state index contributed by atoms with van der Waals surface area (Å²) < 4.78 is 1.74. The molecule has 0 fully saturated rings. The van der Waals surface area contributed by atoms with Gasteiger partial charge in [0.15, 0.2) is 0 Å². The highest BCUT2D eigenvalue weighted by molar-refractivity contribution is 5.70. The van der Waals surface area contributed by atoms with Crippen LogP contribution in [0.4, 0.5) is 5.69 Å². The Hall–Kier alpha value is -2.69. The minimum absolute atomic E-state index is 0.664. The van der Waals surface area contributed by atoms with E-state index in [1.807, 2.05) is 43.5 Å². The number of nitrogens with two attached hydrogens (primary N) is 1. The van der Waals surface area contributed by atoms with Gasteiger partial charge in [-0.3, -0.25) is 0 Å². The Morgan fingerprint density at radius 1 is 1.16 bits per heavy atom. The Kier molecular flexibility index (Phi) is 2.72. The average Bonchev–Trinajstić information content (AvgIpc) is 2.92. The summed E-state index contributed by atoms with van der Waals surface area (Å²) in [5.41, 5.74) is 9.45. The van der Waals surface area contributed by atoms with E-state index in [0.717, 1.165) is 22.8 Å². The molecule has 1 aromatic carbocycles. The van der Waals surface area contributed by atoms with E-state index in [1.165, 1.54) is 0 Å². The third-order valence-corrected chi connectivity index (χ3v) is 2.85. The summed E-state index contributed by atoms with van der Waals surface area (Å²) >= 11 is 0. The number of aryl methyl sites for hydroxylation is 1. The normalized spacial score (nSPS) is 10.6. The minimum atomic E-state index is 0.664. The van der Waals surface area contributed by atoms with Crippen molar-refractivity contribution < 1.29 is 0 Å². The van der Waals surface area contributed by atoms with Crippen LogP contribution in [0.5, 0.6) is 0 Å². The van der Waals surface area contributed by atoms with Crippen molar-refractivity contribution in [2.75, 3.05) is 5.73 Å². The number of nitrogens with zero attached hydrogens (tertiary/aromatic N) is 4. The molecule has 2 heterocycles. The Morgan fingerprint density at radius 3 is 2.74 bits per heavy atom. The largest absolute Gasteiger partial charge is 0.397 e. The molecule has 0 radical (unpaired) electrons. The standard InChI is InChI=1S/C14H13N5/c1-10-16-7-5-13(18-10)11-3-4-14(12(15)9-11)19-8-2-6-17-19/h2-9H,15H2,1H3. The van der Waals surface area contributed by atoms with Crippen LogP contribution >= 0.6 is 0 Å². The van der Waals surface area contributed by atoms with Crippen LogP contribution in [0.2, 0.25) is 0 Å². The monoisotopic (exact) mass is 251 g/mol. The lowest BCUT2D eigenvalue weighted by Gasteiger charge is -2.08. The molecule has 0 amide bonds. The van der Waals surface area contributed by atoms with Gasteiger partial charge >= 0.3 is 0 Å². The van der Waals surface area contributed by atoms with Gasteiger partial charge in [0.2, 0.25) is 0 Å². The fourth-order valence-electron chi connectivity index (χ4n) is 1.95. The van der Waals surface area contributed by atoms with Gasteiger partial charge in [0.25, 0.3) is 0 Å². The highest BCUT2D eigenvalue weighted by Gasteiger charge is 2.06. The van der Waals surface area contributed by atoms with Gasteiger partial charge in [-0.05, 0) is 31.2 Å². The Balaban J connectivity index is 2.05. The second-order valence-corrected chi connectivity index (χ2v) is 4.21. The van der Waals surface area contributed by atoms with Crippen LogP contribution in [0.25, 0.3) is 16.9 Å². The lowest BCUT2D eigenvalue weighted by Crippen LogP contribution is -2.00. The number of rotatable bonds is 2. The van der Waals surface area contributed by atoms with Gasteiger partial charge in [0.05, 0.1) is 17.1 Å². The molecule has 3 rings (SSSR count). The van der Waals surface area contributed by atoms with Crippen LogP contribution in [-0.4, -0.2) is 19.7 Å². The van der Waals surface area contributed by atoms with Crippen LogP contribution in [0, 0.1) is 6.92 Å². The molecule has 2 aromatic heterocycles. The number of hydrogen-bond acceptors (Lipinski definition) is 4. The van der Waals surface area contributed by atoms with Crippen molar-refractivity contribution in [3.8, 4) is 16.9 Å². The van der Waals surface area contributed by atoms with E-state index in [-0.39, 0.29) is 0 Å². The zero-order chi connectivity index (χ0) is 13.2. The predicted octanol–water partition coefficient (Wildman–Crippen LogP) is 2.22. The quantitative estimate of drug-likeness (QED) is 0.709. The third kappa shape index (κ3) is 2.18. The Bertz CT molecular complexity index is 704. The molecule has 0 spiro atoms. The number of anilines is 1.